The van der Waals surface area contributed by atoms with Gasteiger partial charge in [-0.25, -0.2) is 4.98 Å². The van der Waals surface area contributed by atoms with Gasteiger partial charge in [-0.05, 0) is 62.4 Å². The van der Waals surface area contributed by atoms with Crippen LogP contribution in [0.25, 0.3) is 0 Å². The highest BCUT2D eigenvalue weighted by atomic mass is 16.5. The van der Waals surface area contributed by atoms with Crippen molar-refractivity contribution >= 4 is 11.8 Å². The molecule has 1 heterocycles. The molecule has 36 heavy (non-hydrogen) atoms. The van der Waals surface area contributed by atoms with Crippen LogP contribution in [0.1, 0.15) is 58.0 Å². The van der Waals surface area contributed by atoms with Crippen molar-refractivity contribution in [3.8, 4) is 23.0 Å². The first-order chi connectivity index (χ1) is 17.3. The topological polar surface area (TPSA) is 108 Å². The molecular formula is C27H31N3O6. The second-order valence-electron chi connectivity index (χ2n) is 8.01. The molecule has 3 rings (SSSR count). The minimum atomic E-state index is -0.426. The molecule has 0 bridgehead atoms. The van der Waals surface area contributed by atoms with Gasteiger partial charge in [0.15, 0.2) is 0 Å². The largest absolute Gasteiger partial charge is 0.497 e. The van der Waals surface area contributed by atoms with E-state index in [1.54, 1.807) is 83.0 Å². The molecule has 190 valence electrons. The highest BCUT2D eigenvalue weighted by Crippen LogP contribution is 2.30. The van der Waals surface area contributed by atoms with Crippen LogP contribution in [0.15, 0.2) is 54.6 Å². The van der Waals surface area contributed by atoms with E-state index in [2.05, 4.69) is 15.6 Å². The molecule has 2 atom stereocenters. The lowest BCUT2D eigenvalue weighted by atomic mass is 10.1. The third-order valence-electron chi connectivity index (χ3n) is 5.72. The van der Waals surface area contributed by atoms with Crippen LogP contribution in [-0.4, -0.2) is 45.2 Å². The first-order valence-corrected chi connectivity index (χ1v) is 11.3. The van der Waals surface area contributed by atoms with Gasteiger partial charge in [-0.1, -0.05) is 6.07 Å². The third-order valence-corrected chi connectivity index (χ3v) is 5.72. The van der Waals surface area contributed by atoms with Crippen LogP contribution in [0, 0.1) is 0 Å². The average Bonchev–Trinajstić information content (AvgIpc) is 2.91. The molecule has 0 aliphatic rings. The number of benzene rings is 2. The number of methoxy groups -OCH3 is 4. The van der Waals surface area contributed by atoms with Crippen LogP contribution in [0.2, 0.25) is 0 Å². The summed E-state index contributed by atoms with van der Waals surface area (Å²) in [4.78, 5) is 30.2. The van der Waals surface area contributed by atoms with Crippen LogP contribution in [0.4, 0.5) is 0 Å². The molecule has 0 spiro atoms. The third kappa shape index (κ3) is 6.04. The fraction of sp³-hybridized carbons (Fsp3) is 0.296. The van der Waals surface area contributed by atoms with Crippen molar-refractivity contribution in [3.63, 3.8) is 0 Å². The number of nitrogens with one attached hydrogen (secondary N) is 2. The van der Waals surface area contributed by atoms with Gasteiger partial charge in [0.05, 0.1) is 40.5 Å². The van der Waals surface area contributed by atoms with Crippen LogP contribution in [-0.2, 0) is 0 Å². The Balaban J connectivity index is 1.75. The van der Waals surface area contributed by atoms with Gasteiger partial charge in [-0.2, -0.15) is 0 Å². The number of aromatic nitrogens is 1. The van der Waals surface area contributed by atoms with E-state index in [4.69, 9.17) is 18.9 Å². The molecule has 2 amide bonds. The smallest absolute Gasteiger partial charge is 0.270 e. The lowest BCUT2D eigenvalue weighted by molar-refractivity contribution is 0.0930. The summed E-state index contributed by atoms with van der Waals surface area (Å²) >= 11 is 0. The van der Waals surface area contributed by atoms with Crippen molar-refractivity contribution in [1.29, 1.82) is 0 Å². The van der Waals surface area contributed by atoms with Crippen molar-refractivity contribution in [2.75, 3.05) is 28.4 Å². The first kappa shape index (κ1) is 26.3. The van der Waals surface area contributed by atoms with Crippen LogP contribution < -0.4 is 29.6 Å². The highest BCUT2D eigenvalue weighted by molar-refractivity contribution is 5.96. The molecule has 9 nitrogen and oxygen atoms in total. The van der Waals surface area contributed by atoms with E-state index in [0.29, 0.717) is 23.0 Å². The molecule has 0 saturated carbocycles. The lowest BCUT2D eigenvalue weighted by Gasteiger charge is -2.19. The lowest BCUT2D eigenvalue weighted by Crippen LogP contribution is -2.30. The fourth-order valence-corrected chi connectivity index (χ4v) is 3.74. The number of nitrogens with zero attached hydrogens (tertiary/aromatic N) is 1. The normalized spacial score (nSPS) is 12.2. The van der Waals surface area contributed by atoms with Crippen LogP contribution in [0.5, 0.6) is 23.0 Å². The Morgan fingerprint density at radius 2 is 1.08 bits per heavy atom. The number of rotatable bonds is 10. The zero-order valence-electron chi connectivity index (χ0n) is 21.2. The molecule has 0 aliphatic heterocycles. The Morgan fingerprint density at radius 1 is 0.667 bits per heavy atom. The molecule has 1 aromatic heterocycles. The zero-order chi connectivity index (χ0) is 26.2. The Kier molecular flexibility index (Phi) is 8.72. The van der Waals surface area contributed by atoms with Crippen molar-refractivity contribution in [3.05, 3.63) is 77.1 Å². The van der Waals surface area contributed by atoms with Gasteiger partial charge in [0.2, 0.25) is 0 Å². The molecule has 0 saturated heterocycles. The standard InChI is InChI=1S/C27H31N3O6/c1-16(20-14-18(33-3)10-12-24(20)35-5)28-26(31)22-8-7-9-23(30-22)27(32)29-17(2)21-15-19(34-4)11-13-25(21)36-6/h7-17H,1-6H3,(H,28,31)(H,29,32). The van der Waals surface area contributed by atoms with Crippen LogP contribution in [0.3, 0.4) is 0 Å². The van der Waals surface area contributed by atoms with E-state index in [0.717, 1.165) is 11.1 Å². The summed E-state index contributed by atoms with van der Waals surface area (Å²) in [6, 6.07) is 14.6. The summed E-state index contributed by atoms with van der Waals surface area (Å²) in [6.07, 6.45) is 0. The molecule has 0 radical (unpaired) electrons. The van der Waals surface area contributed by atoms with Crippen LogP contribution >= 0.6 is 0 Å². The number of carbonyl (C=O) groups excluding carboxylic acids is 2. The van der Waals surface area contributed by atoms with Gasteiger partial charge in [-0.15, -0.1) is 0 Å². The fourth-order valence-electron chi connectivity index (χ4n) is 3.74. The van der Waals surface area contributed by atoms with E-state index in [1.807, 2.05) is 13.8 Å². The molecule has 0 fully saturated rings. The number of ether oxygens (including phenoxy) is 4. The molecule has 2 N–H and O–H groups in total. The van der Waals surface area contributed by atoms with E-state index in [-0.39, 0.29) is 11.4 Å². The predicted octanol–water partition coefficient (Wildman–Crippen LogP) is 4.10. The summed E-state index contributed by atoms with van der Waals surface area (Å²) in [5.41, 5.74) is 1.73. The van der Waals surface area contributed by atoms with Gasteiger partial charge in [-0.3, -0.25) is 9.59 Å². The van der Waals surface area contributed by atoms with Gasteiger partial charge in [0, 0.05) is 11.1 Å². The Morgan fingerprint density at radius 3 is 1.44 bits per heavy atom. The second kappa shape index (κ2) is 11.9. The minimum absolute atomic E-state index is 0.114. The minimum Gasteiger partial charge on any atom is -0.497 e. The van der Waals surface area contributed by atoms with E-state index >= 15 is 0 Å². The van der Waals surface area contributed by atoms with E-state index in [1.165, 1.54) is 0 Å². The number of carbonyl (C=O) groups is 2. The molecule has 3 aromatic rings. The number of pyridine rings is 1. The summed E-state index contributed by atoms with van der Waals surface area (Å²) in [5.74, 6) is 1.67. The maximum atomic E-state index is 12.9. The van der Waals surface area contributed by atoms with Crippen molar-refractivity contribution in [1.82, 2.24) is 15.6 Å². The first-order valence-electron chi connectivity index (χ1n) is 11.3. The molecule has 0 aliphatic carbocycles. The van der Waals surface area contributed by atoms with E-state index < -0.39 is 23.9 Å². The van der Waals surface area contributed by atoms with Crippen molar-refractivity contribution in [2.24, 2.45) is 0 Å². The van der Waals surface area contributed by atoms with Gasteiger partial charge < -0.3 is 29.6 Å². The molecule has 2 unspecified atom stereocenters. The Hall–Kier alpha value is -4.27. The molecule has 9 heteroatoms. The summed E-state index contributed by atoms with van der Waals surface area (Å²) < 4.78 is 21.4. The zero-order valence-corrected chi connectivity index (χ0v) is 21.2. The summed E-state index contributed by atoms with van der Waals surface area (Å²) in [5, 5.41) is 5.80. The highest BCUT2D eigenvalue weighted by Gasteiger charge is 2.20. The maximum Gasteiger partial charge on any atom is 0.270 e. The number of hydrogen-bond donors (Lipinski definition) is 2. The Bertz CT molecular complexity index is 1140. The molecular weight excluding hydrogens is 462 g/mol. The van der Waals surface area contributed by atoms with Gasteiger partial charge >= 0.3 is 0 Å². The van der Waals surface area contributed by atoms with Crippen molar-refractivity contribution in [2.45, 2.75) is 25.9 Å². The number of hydrogen-bond acceptors (Lipinski definition) is 7. The molecule has 2 aromatic carbocycles. The van der Waals surface area contributed by atoms with Gasteiger partial charge in [0.1, 0.15) is 34.4 Å². The SMILES string of the molecule is COc1ccc(OC)c(C(C)NC(=O)c2cccc(C(=O)NC(C)c3cc(OC)ccc3OC)n2)c1. The number of amides is 2. The van der Waals surface area contributed by atoms with Crippen molar-refractivity contribution < 1.29 is 28.5 Å². The second-order valence-corrected chi connectivity index (χ2v) is 8.01. The average molecular weight is 494 g/mol. The maximum absolute atomic E-state index is 12.9. The van der Waals surface area contributed by atoms with E-state index in [9.17, 15) is 9.59 Å². The van der Waals surface area contributed by atoms with Gasteiger partial charge in [0.25, 0.3) is 11.8 Å². The monoisotopic (exact) mass is 493 g/mol. The summed E-state index contributed by atoms with van der Waals surface area (Å²) in [6.45, 7) is 3.66. The summed E-state index contributed by atoms with van der Waals surface area (Å²) in [7, 11) is 6.26. The predicted molar refractivity (Wildman–Crippen MR) is 135 cm³/mol. The Labute approximate surface area is 210 Å². The quantitative estimate of drug-likeness (QED) is 0.438.